The number of halogens is 1. The molecule has 0 aliphatic carbocycles. The van der Waals surface area contributed by atoms with Gasteiger partial charge in [0, 0.05) is 5.39 Å². The van der Waals surface area contributed by atoms with Gasteiger partial charge in [0.1, 0.15) is 5.75 Å². The molecular weight excluding hydrogens is 226 g/mol. The number of methoxy groups -OCH3 is 1. The maximum atomic E-state index is 9.05. The van der Waals surface area contributed by atoms with E-state index < -0.39 is 7.12 Å². The summed E-state index contributed by atoms with van der Waals surface area (Å²) in [4.78, 5) is 0. The molecule has 0 heterocycles. The quantitative estimate of drug-likeness (QED) is 0.770. The Labute approximate surface area is 98.4 Å². The van der Waals surface area contributed by atoms with Crippen LogP contribution >= 0.6 is 11.6 Å². The van der Waals surface area contributed by atoms with Crippen molar-refractivity contribution in [2.75, 3.05) is 7.11 Å². The predicted molar refractivity (Wildman–Crippen MR) is 65.3 cm³/mol. The van der Waals surface area contributed by atoms with E-state index in [1.165, 1.54) is 0 Å². The number of hydrogen-bond acceptors (Lipinski definition) is 3. The number of fused-ring (bicyclic) bond motifs is 1. The third-order valence-electron chi connectivity index (χ3n) is 2.46. The van der Waals surface area contributed by atoms with Crippen molar-refractivity contribution < 1.29 is 14.8 Å². The van der Waals surface area contributed by atoms with Gasteiger partial charge in [0.25, 0.3) is 0 Å². The van der Waals surface area contributed by atoms with E-state index in [1.807, 2.05) is 6.07 Å². The summed E-state index contributed by atoms with van der Waals surface area (Å²) in [6, 6.07) is 8.63. The Morgan fingerprint density at radius 1 is 1.19 bits per heavy atom. The van der Waals surface area contributed by atoms with Gasteiger partial charge < -0.3 is 14.8 Å². The van der Waals surface area contributed by atoms with Gasteiger partial charge in [0.05, 0.1) is 12.1 Å². The van der Waals surface area contributed by atoms with Gasteiger partial charge in [-0.3, -0.25) is 0 Å². The first-order valence-corrected chi connectivity index (χ1v) is 5.13. The van der Waals surface area contributed by atoms with Gasteiger partial charge in [-0.2, -0.15) is 0 Å². The minimum Gasteiger partial charge on any atom is -0.495 e. The summed E-state index contributed by atoms with van der Waals surface area (Å²) in [5, 5.41) is 20.3. The lowest BCUT2D eigenvalue weighted by molar-refractivity contribution is 0.415. The van der Waals surface area contributed by atoms with Gasteiger partial charge in [-0.1, -0.05) is 35.9 Å². The van der Waals surface area contributed by atoms with Crippen LogP contribution in [0.1, 0.15) is 0 Å². The summed E-state index contributed by atoms with van der Waals surface area (Å²) in [6.45, 7) is 0. The molecule has 0 saturated heterocycles. The van der Waals surface area contributed by atoms with Crippen molar-refractivity contribution >= 4 is 35.0 Å². The first-order valence-electron chi connectivity index (χ1n) is 4.76. The fraction of sp³-hybridized carbons (Fsp3) is 0.0909. The highest BCUT2D eigenvalue weighted by molar-refractivity contribution is 6.59. The Hall–Kier alpha value is -1.23. The molecule has 0 bridgehead atoms. The second-order valence-corrected chi connectivity index (χ2v) is 3.81. The van der Waals surface area contributed by atoms with E-state index in [9.17, 15) is 0 Å². The number of rotatable bonds is 2. The van der Waals surface area contributed by atoms with Crippen molar-refractivity contribution in [2.45, 2.75) is 0 Å². The minimum absolute atomic E-state index is 0.439. The Balaban J connectivity index is 2.65. The van der Waals surface area contributed by atoms with Gasteiger partial charge in [-0.15, -0.1) is 0 Å². The molecule has 16 heavy (non-hydrogen) atoms. The van der Waals surface area contributed by atoms with E-state index in [-0.39, 0.29) is 0 Å². The molecule has 2 N–H and O–H groups in total. The van der Waals surface area contributed by atoms with Crippen molar-refractivity contribution in [1.29, 1.82) is 0 Å². The topological polar surface area (TPSA) is 49.7 Å². The van der Waals surface area contributed by atoms with Crippen molar-refractivity contribution in [1.82, 2.24) is 0 Å². The molecule has 0 radical (unpaired) electrons. The average Bonchev–Trinajstić information content (AvgIpc) is 2.29. The Morgan fingerprint density at radius 3 is 2.56 bits per heavy atom. The van der Waals surface area contributed by atoms with Gasteiger partial charge in [-0.05, 0) is 16.9 Å². The van der Waals surface area contributed by atoms with E-state index >= 15 is 0 Å². The van der Waals surface area contributed by atoms with Crippen LogP contribution in [0, 0.1) is 0 Å². The van der Waals surface area contributed by atoms with Crippen molar-refractivity contribution in [2.24, 2.45) is 0 Å². The molecule has 0 spiro atoms. The lowest BCUT2D eigenvalue weighted by Gasteiger charge is -2.07. The molecule has 0 unspecified atom stereocenters. The highest BCUT2D eigenvalue weighted by Gasteiger charge is 2.12. The van der Waals surface area contributed by atoms with Gasteiger partial charge >= 0.3 is 7.12 Å². The largest absolute Gasteiger partial charge is 0.495 e. The summed E-state index contributed by atoms with van der Waals surface area (Å²) in [5.74, 6) is 0.603. The van der Waals surface area contributed by atoms with Crippen LogP contribution in [0.5, 0.6) is 5.75 Å². The SMILES string of the molecule is COc1ccc2cc(B(O)O)ccc2c1Cl. The maximum absolute atomic E-state index is 9.05. The lowest BCUT2D eigenvalue weighted by atomic mass is 9.79. The zero-order valence-electron chi connectivity index (χ0n) is 8.64. The molecule has 2 aromatic rings. The van der Waals surface area contributed by atoms with Crippen molar-refractivity contribution in [3.8, 4) is 5.75 Å². The second-order valence-electron chi connectivity index (χ2n) is 3.44. The second kappa shape index (κ2) is 4.33. The molecule has 0 aromatic heterocycles. The predicted octanol–water partition coefficient (Wildman–Crippen LogP) is 1.18. The number of benzene rings is 2. The van der Waals surface area contributed by atoms with E-state index in [1.54, 1.807) is 31.4 Å². The molecule has 0 amide bonds. The first-order chi connectivity index (χ1) is 7.63. The van der Waals surface area contributed by atoms with Crippen molar-refractivity contribution in [3.05, 3.63) is 35.4 Å². The summed E-state index contributed by atoms with van der Waals surface area (Å²) >= 11 is 6.12. The standard InChI is InChI=1S/C11H10BClO3/c1-16-10-5-2-7-6-8(12(14)15)3-4-9(7)11(10)13/h2-6,14-15H,1H3. The Kier molecular flexibility index (Phi) is 3.05. The van der Waals surface area contributed by atoms with Crippen LogP contribution in [0.4, 0.5) is 0 Å². The van der Waals surface area contributed by atoms with Crippen LogP contribution in [0.2, 0.25) is 5.02 Å². The van der Waals surface area contributed by atoms with E-state index in [0.717, 1.165) is 10.8 Å². The Morgan fingerprint density at radius 2 is 1.94 bits per heavy atom. The molecule has 3 nitrogen and oxygen atoms in total. The van der Waals surface area contributed by atoms with Crippen LogP contribution in [0.25, 0.3) is 10.8 Å². The van der Waals surface area contributed by atoms with Crippen LogP contribution in [0.15, 0.2) is 30.3 Å². The Bertz CT molecular complexity index is 528. The number of ether oxygens (including phenoxy) is 1. The summed E-state index contributed by atoms with van der Waals surface area (Å²) in [6.07, 6.45) is 0. The zero-order chi connectivity index (χ0) is 11.7. The van der Waals surface area contributed by atoms with Crippen molar-refractivity contribution in [3.63, 3.8) is 0 Å². The number of hydrogen-bond donors (Lipinski definition) is 2. The monoisotopic (exact) mass is 236 g/mol. The highest BCUT2D eigenvalue weighted by Crippen LogP contribution is 2.31. The fourth-order valence-electron chi connectivity index (χ4n) is 1.61. The highest BCUT2D eigenvalue weighted by atomic mass is 35.5. The molecule has 82 valence electrons. The van der Waals surface area contributed by atoms with Gasteiger partial charge in [0.2, 0.25) is 0 Å². The van der Waals surface area contributed by atoms with Crippen LogP contribution in [-0.2, 0) is 0 Å². The molecular formula is C11H10BClO3. The molecule has 0 fully saturated rings. The fourth-order valence-corrected chi connectivity index (χ4v) is 1.92. The van der Waals surface area contributed by atoms with Crippen LogP contribution in [0.3, 0.4) is 0 Å². The third-order valence-corrected chi connectivity index (χ3v) is 2.85. The summed E-state index contributed by atoms with van der Waals surface area (Å²) in [5.41, 5.74) is 0.439. The molecule has 2 rings (SSSR count). The molecule has 0 atom stereocenters. The van der Waals surface area contributed by atoms with Crippen LogP contribution in [-0.4, -0.2) is 24.3 Å². The average molecular weight is 236 g/mol. The minimum atomic E-state index is -1.47. The van der Waals surface area contributed by atoms with E-state index in [2.05, 4.69) is 0 Å². The smallest absolute Gasteiger partial charge is 0.488 e. The lowest BCUT2D eigenvalue weighted by Crippen LogP contribution is -2.29. The van der Waals surface area contributed by atoms with Crippen LogP contribution < -0.4 is 10.2 Å². The molecule has 5 heteroatoms. The third kappa shape index (κ3) is 1.87. The summed E-state index contributed by atoms with van der Waals surface area (Å²) in [7, 11) is 0.0871. The van der Waals surface area contributed by atoms with E-state index in [4.69, 9.17) is 26.4 Å². The normalized spacial score (nSPS) is 10.5. The first kappa shape index (κ1) is 11.3. The molecule has 0 aliphatic rings. The van der Waals surface area contributed by atoms with Gasteiger partial charge in [0.15, 0.2) is 0 Å². The molecule has 0 saturated carbocycles. The zero-order valence-corrected chi connectivity index (χ0v) is 9.40. The molecule has 0 aliphatic heterocycles. The van der Waals surface area contributed by atoms with Gasteiger partial charge in [-0.25, -0.2) is 0 Å². The summed E-state index contributed by atoms with van der Waals surface area (Å²) < 4.78 is 5.10. The molecule has 2 aromatic carbocycles. The van der Waals surface area contributed by atoms with E-state index in [0.29, 0.717) is 16.2 Å². The maximum Gasteiger partial charge on any atom is 0.488 e.